The topological polar surface area (TPSA) is 79.1 Å². The standard InChI is InChI=1S/C27H29ClN4O/c1-2-3-6-17-33-21-12-9-19(10-13-21)25-15-16-26(22-7-4-5-8-23(22)28)32(25)18-20-11-14-24(29)27(30)31-20/h4-5,7-16H,2-3,6,17-18,29H2,1H3,(H2,30,31). The van der Waals surface area contributed by atoms with Crippen LogP contribution in [0.1, 0.15) is 31.9 Å². The quantitative estimate of drug-likeness (QED) is 0.274. The summed E-state index contributed by atoms with van der Waals surface area (Å²) in [5.41, 5.74) is 17.2. The first-order chi connectivity index (χ1) is 16.1. The fraction of sp³-hybridized carbons (Fsp3) is 0.222. The molecule has 2 heterocycles. The van der Waals surface area contributed by atoms with Crippen LogP contribution in [0.2, 0.25) is 5.02 Å². The largest absolute Gasteiger partial charge is 0.494 e. The van der Waals surface area contributed by atoms with E-state index in [9.17, 15) is 0 Å². The van der Waals surface area contributed by atoms with Crippen LogP contribution in [0.15, 0.2) is 72.8 Å². The molecule has 0 aliphatic carbocycles. The van der Waals surface area contributed by atoms with E-state index < -0.39 is 0 Å². The second-order valence-electron chi connectivity index (χ2n) is 8.03. The molecule has 2 aromatic carbocycles. The van der Waals surface area contributed by atoms with Crippen molar-refractivity contribution in [1.82, 2.24) is 9.55 Å². The Morgan fingerprint density at radius 2 is 1.64 bits per heavy atom. The SMILES string of the molecule is CCCCCOc1ccc(-c2ccc(-c3ccccc3Cl)n2Cc2ccc(N)c(N)n2)cc1. The molecule has 170 valence electrons. The van der Waals surface area contributed by atoms with Crippen LogP contribution in [0, 0.1) is 0 Å². The van der Waals surface area contributed by atoms with Gasteiger partial charge in [-0.05, 0) is 66.6 Å². The molecule has 0 amide bonds. The van der Waals surface area contributed by atoms with Crippen LogP contribution in [0.3, 0.4) is 0 Å². The van der Waals surface area contributed by atoms with Crippen LogP contribution in [0.25, 0.3) is 22.5 Å². The van der Waals surface area contributed by atoms with E-state index in [2.05, 4.69) is 40.7 Å². The van der Waals surface area contributed by atoms with E-state index in [1.54, 1.807) is 6.07 Å². The predicted octanol–water partition coefficient (Wildman–Crippen LogP) is 6.65. The van der Waals surface area contributed by atoms with Gasteiger partial charge in [0.05, 0.1) is 30.2 Å². The summed E-state index contributed by atoms with van der Waals surface area (Å²) in [5.74, 6) is 1.22. The normalized spacial score (nSPS) is 11.0. The summed E-state index contributed by atoms with van der Waals surface area (Å²) < 4.78 is 8.08. The number of anilines is 2. The van der Waals surface area contributed by atoms with Gasteiger partial charge in [0.1, 0.15) is 11.6 Å². The Kier molecular flexibility index (Phi) is 7.20. The van der Waals surface area contributed by atoms with Crippen LogP contribution >= 0.6 is 11.6 Å². The summed E-state index contributed by atoms with van der Waals surface area (Å²) in [5, 5.41) is 0.698. The van der Waals surface area contributed by atoms with Gasteiger partial charge in [-0.1, -0.05) is 49.6 Å². The molecule has 2 aromatic heterocycles. The highest BCUT2D eigenvalue weighted by Crippen LogP contribution is 2.34. The van der Waals surface area contributed by atoms with Gasteiger partial charge < -0.3 is 20.8 Å². The van der Waals surface area contributed by atoms with Crippen molar-refractivity contribution in [2.75, 3.05) is 18.1 Å². The van der Waals surface area contributed by atoms with Crippen molar-refractivity contribution < 1.29 is 4.74 Å². The Bertz CT molecular complexity index is 1220. The molecule has 4 N–H and O–H groups in total. The number of nitrogens with two attached hydrogens (primary N) is 2. The first-order valence-corrected chi connectivity index (χ1v) is 11.6. The molecule has 0 radical (unpaired) electrons. The number of halogens is 1. The van der Waals surface area contributed by atoms with Gasteiger partial charge in [0.25, 0.3) is 0 Å². The maximum atomic E-state index is 6.54. The molecule has 33 heavy (non-hydrogen) atoms. The summed E-state index contributed by atoms with van der Waals surface area (Å²) in [7, 11) is 0. The number of benzene rings is 2. The molecule has 0 aliphatic heterocycles. The third-order valence-electron chi connectivity index (χ3n) is 5.63. The van der Waals surface area contributed by atoms with Crippen molar-refractivity contribution in [2.24, 2.45) is 0 Å². The zero-order chi connectivity index (χ0) is 23.2. The molecule has 0 saturated heterocycles. The van der Waals surface area contributed by atoms with Crippen LogP contribution in [0.4, 0.5) is 11.5 Å². The van der Waals surface area contributed by atoms with Crippen molar-refractivity contribution in [2.45, 2.75) is 32.7 Å². The van der Waals surface area contributed by atoms with Crippen molar-refractivity contribution >= 4 is 23.1 Å². The van der Waals surface area contributed by atoms with Gasteiger partial charge in [-0.3, -0.25) is 0 Å². The molecule has 0 atom stereocenters. The molecule has 4 rings (SSSR count). The highest BCUT2D eigenvalue weighted by atomic mass is 35.5. The number of unbranched alkanes of at least 4 members (excludes halogenated alkanes) is 2. The molecule has 0 bridgehead atoms. The first kappa shape index (κ1) is 22.7. The van der Waals surface area contributed by atoms with Gasteiger partial charge in [0.2, 0.25) is 0 Å². The zero-order valence-electron chi connectivity index (χ0n) is 18.8. The average Bonchev–Trinajstić information content (AvgIpc) is 3.23. The molecule has 0 fully saturated rings. The van der Waals surface area contributed by atoms with Crippen molar-refractivity contribution in [3.05, 3.63) is 83.5 Å². The lowest BCUT2D eigenvalue weighted by Crippen LogP contribution is -2.08. The first-order valence-electron chi connectivity index (χ1n) is 11.3. The van der Waals surface area contributed by atoms with E-state index in [0.717, 1.165) is 47.0 Å². The monoisotopic (exact) mass is 460 g/mol. The Morgan fingerprint density at radius 3 is 2.36 bits per heavy atom. The fourth-order valence-electron chi connectivity index (χ4n) is 3.84. The average molecular weight is 461 g/mol. The van der Waals surface area contributed by atoms with Gasteiger partial charge in [0.15, 0.2) is 0 Å². The number of hydrogen-bond donors (Lipinski definition) is 2. The summed E-state index contributed by atoms with van der Waals surface area (Å²) in [6.45, 7) is 3.46. The third kappa shape index (κ3) is 5.32. The lowest BCUT2D eigenvalue weighted by atomic mass is 10.1. The molecule has 0 aliphatic rings. The van der Waals surface area contributed by atoms with Crippen LogP contribution < -0.4 is 16.2 Å². The minimum atomic E-state index is 0.338. The molecule has 5 nitrogen and oxygen atoms in total. The second-order valence-corrected chi connectivity index (χ2v) is 8.43. The number of pyridine rings is 1. The zero-order valence-corrected chi connectivity index (χ0v) is 19.6. The highest BCUT2D eigenvalue weighted by molar-refractivity contribution is 6.33. The maximum Gasteiger partial charge on any atom is 0.146 e. The summed E-state index contributed by atoms with van der Waals surface area (Å²) in [4.78, 5) is 4.48. The van der Waals surface area contributed by atoms with E-state index in [1.807, 2.05) is 42.5 Å². The third-order valence-corrected chi connectivity index (χ3v) is 5.96. The maximum absolute atomic E-state index is 6.54. The minimum Gasteiger partial charge on any atom is -0.494 e. The van der Waals surface area contributed by atoms with Gasteiger partial charge in [-0.25, -0.2) is 4.98 Å². The number of rotatable bonds is 9. The van der Waals surface area contributed by atoms with Gasteiger partial charge in [-0.2, -0.15) is 0 Å². The number of hydrogen-bond acceptors (Lipinski definition) is 4. The van der Waals surface area contributed by atoms with Crippen LogP contribution in [0.5, 0.6) is 5.75 Å². The smallest absolute Gasteiger partial charge is 0.146 e. The number of nitrogen functional groups attached to an aromatic ring is 2. The summed E-state index contributed by atoms with van der Waals surface area (Å²) in [6.07, 6.45) is 3.43. The summed E-state index contributed by atoms with van der Waals surface area (Å²) in [6, 6.07) is 23.9. The van der Waals surface area contributed by atoms with Crippen molar-refractivity contribution in [3.63, 3.8) is 0 Å². The summed E-state index contributed by atoms with van der Waals surface area (Å²) >= 11 is 6.54. The molecule has 4 aromatic rings. The van der Waals surface area contributed by atoms with Crippen molar-refractivity contribution in [3.8, 4) is 28.3 Å². The van der Waals surface area contributed by atoms with Gasteiger partial charge in [0, 0.05) is 16.3 Å². The minimum absolute atomic E-state index is 0.338. The Hall–Kier alpha value is -3.44. The molecule has 0 saturated carbocycles. The Morgan fingerprint density at radius 1 is 0.879 bits per heavy atom. The molecule has 0 unspecified atom stereocenters. The fourth-order valence-corrected chi connectivity index (χ4v) is 4.07. The molecular formula is C27H29ClN4O. The van der Waals surface area contributed by atoms with E-state index in [-0.39, 0.29) is 0 Å². The predicted molar refractivity (Wildman–Crippen MR) is 137 cm³/mol. The van der Waals surface area contributed by atoms with Crippen molar-refractivity contribution in [1.29, 1.82) is 0 Å². The number of ether oxygens (including phenoxy) is 1. The number of aromatic nitrogens is 2. The van der Waals surface area contributed by atoms with E-state index in [1.165, 1.54) is 12.8 Å². The lowest BCUT2D eigenvalue weighted by Gasteiger charge is -2.16. The highest BCUT2D eigenvalue weighted by Gasteiger charge is 2.15. The number of nitrogens with zero attached hydrogens (tertiary/aromatic N) is 2. The van der Waals surface area contributed by atoms with Crippen LogP contribution in [-0.4, -0.2) is 16.2 Å². The lowest BCUT2D eigenvalue weighted by molar-refractivity contribution is 0.306. The van der Waals surface area contributed by atoms with Gasteiger partial charge >= 0.3 is 0 Å². The van der Waals surface area contributed by atoms with E-state index >= 15 is 0 Å². The Balaban J connectivity index is 1.69. The van der Waals surface area contributed by atoms with Gasteiger partial charge in [-0.15, -0.1) is 0 Å². The Labute approximate surface area is 200 Å². The van der Waals surface area contributed by atoms with Crippen LogP contribution in [-0.2, 0) is 6.54 Å². The molecule has 6 heteroatoms. The second kappa shape index (κ2) is 10.5. The molecular weight excluding hydrogens is 432 g/mol. The van der Waals surface area contributed by atoms with E-state index in [4.69, 9.17) is 27.8 Å². The van der Waals surface area contributed by atoms with E-state index in [0.29, 0.717) is 23.1 Å². The molecule has 0 spiro atoms.